The molecule has 88 valence electrons. The molecule has 0 saturated carbocycles. The molecule has 1 aromatic carbocycles. The maximum Gasteiger partial charge on any atom is 0.226 e. The predicted molar refractivity (Wildman–Crippen MR) is 63.1 cm³/mol. The number of hydrogen-bond acceptors (Lipinski definition) is 3. The van der Waals surface area contributed by atoms with Crippen LogP contribution in [-0.2, 0) is 16.1 Å². The van der Waals surface area contributed by atoms with E-state index in [4.69, 9.17) is 16.9 Å². The minimum absolute atomic E-state index is 0.0880. The van der Waals surface area contributed by atoms with Crippen molar-refractivity contribution in [3.05, 3.63) is 34.3 Å². The fourth-order valence-corrected chi connectivity index (χ4v) is 1.58. The second-order valence-corrected chi connectivity index (χ2v) is 3.97. The van der Waals surface area contributed by atoms with E-state index in [1.807, 2.05) is 6.07 Å². The zero-order chi connectivity index (χ0) is 13.0. The fraction of sp³-hybridized carbons (Fsp3) is 0.250. The van der Waals surface area contributed by atoms with E-state index in [0.29, 0.717) is 16.1 Å². The van der Waals surface area contributed by atoms with Gasteiger partial charge in [-0.1, -0.05) is 17.7 Å². The first-order chi connectivity index (χ1) is 7.95. The fourth-order valence-electron chi connectivity index (χ4n) is 1.41. The van der Waals surface area contributed by atoms with Gasteiger partial charge in [-0.3, -0.25) is 14.5 Å². The number of halogens is 1. The third kappa shape index (κ3) is 3.30. The van der Waals surface area contributed by atoms with Gasteiger partial charge in [0, 0.05) is 18.9 Å². The molecule has 0 heterocycles. The minimum Gasteiger partial charge on any atom is -0.279 e. The number of benzene rings is 1. The Morgan fingerprint density at radius 2 is 1.94 bits per heavy atom. The highest BCUT2D eigenvalue weighted by atomic mass is 35.5. The van der Waals surface area contributed by atoms with Gasteiger partial charge in [-0.2, -0.15) is 5.26 Å². The van der Waals surface area contributed by atoms with Crippen molar-refractivity contribution in [1.29, 1.82) is 5.26 Å². The molecule has 0 N–H and O–H groups in total. The lowest BCUT2D eigenvalue weighted by Crippen LogP contribution is -2.32. The Hall–Kier alpha value is -1.86. The maximum atomic E-state index is 11.3. The van der Waals surface area contributed by atoms with Crippen LogP contribution in [0.4, 0.5) is 0 Å². The second kappa shape index (κ2) is 5.46. The topological polar surface area (TPSA) is 61.2 Å². The van der Waals surface area contributed by atoms with Crippen molar-refractivity contribution in [2.75, 3.05) is 0 Å². The molecule has 0 fully saturated rings. The van der Waals surface area contributed by atoms with Crippen LogP contribution >= 0.6 is 11.6 Å². The van der Waals surface area contributed by atoms with Crippen molar-refractivity contribution >= 4 is 23.4 Å². The predicted octanol–water partition coefficient (Wildman–Crippen LogP) is 2.11. The SMILES string of the molecule is CC(=O)N(Cc1ccc(Cl)cc1C#N)C(C)=O. The van der Waals surface area contributed by atoms with Crippen molar-refractivity contribution in [3.63, 3.8) is 0 Å². The van der Waals surface area contributed by atoms with Crippen molar-refractivity contribution in [3.8, 4) is 6.07 Å². The molecule has 0 aliphatic heterocycles. The number of amides is 2. The second-order valence-electron chi connectivity index (χ2n) is 3.54. The summed E-state index contributed by atoms with van der Waals surface area (Å²) in [6.45, 7) is 2.71. The van der Waals surface area contributed by atoms with Gasteiger partial charge >= 0.3 is 0 Å². The van der Waals surface area contributed by atoms with Crippen molar-refractivity contribution in [2.45, 2.75) is 20.4 Å². The first-order valence-electron chi connectivity index (χ1n) is 4.93. The molecule has 0 aromatic heterocycles. The highest BCUT2D eigenvalue weighted by Gasteiger charge is 2.15. The van der Waals surface area contributed by atoms with Crippen LogP contribution in [0.5, 0.6) is 0 Å². The lowest BCUT2D eigenvalue weighted by molar-refractivity contribution is -0.142. The van der Waals surface area contributed by atoms with Gasteiger partial charge < -0.3 is 0 Å². The minimum atomic E-state index is -0.351. The molecular formula is C12H11ClN2O2. The van der Waals surface area contributed by atoms with Crippen molar-refractivity contribution in [2.24, 2.45) is 0 Å². The number of carbonyl (C=O) groups is 2. The summed E-state index contributed by atoms with van der Waals surface area (Å²) in [5.74, 6) is -0.701. The van der Waals surface area contributed by atoms with Gasteiger partial charge in [-0.05, 0) is 17.7 Å². The van der Waals surface area contributed by atoms with Gasteiger partial charge in [-0.15, -0.1) is 0 Å². The van der Waals surface area contributed by atoms with Gasteiger partial charge in [0.2, 0.25) is 11.8 Å². The molecule has 0 radical (unpaired) electrons. The molecule has 17 heavy (non-hydrogen) atoms. The first-order valence-corrected chi connectivity index (χ1v) is 5.30. The van der Waals surface area contributed by atoms with E-state index in [0.717, 1.165) is 4.90 Å². The van der Waals surface area contributed by atoms with Crippen LogP contribution in [0.15, 0.2) is 18.2 Å². The van der Waals surface area contributed by atoms with Crippen molar-refractivity contribution < 1.29 is 9.59 Å². The molecule has 0 atom stereocenters. The molecule has 4 nitrogen and oxygen atoms in total. The molecule has 1 rings (SSSR count). The van der Waals surface area contributed by atoms with Gasteiger partial charge in [0.25, 0.3) is 0 Å². The highest BCUT2D eigenvalue weighted by molar-refractivity contribution is 6.30. The van der Waals surface area contributed by atoms with Crippen LogP contribution in [0, 0.1) is 11.3 Å². The number of nitrogens with zero attached hydrogens (tertiary/aromatic N) is 2. The molecule has 1 aromatic rings. The number of imide groups is 1. The van der Waals surface area contributed by atoms with Crippen LogP contribution in [0.25, 0.3) is 0 Å². The van der Waals surface area contributed by atoms with Gasteiger partial charge in [0.15, 0.2) is 0 Å². The molecule has 0 spiro atoms. The number of rotatable bonds is 2. The molecule has 0 saturated heterocycles. The van der Waals surface area contributed by atoms with E-state index >= 15 is 0 Å². The largest absolute Gasteiger partial charge is 0.279 e. The smallest absolute Gasteiger partial charge is 0.226 e. The zero-order valence-electron chi connectivity index (χ0n) is 9.53. The van der Waals surface area contributed by atoms with E-state index in [-0.39, 0.29) is 18.4 Å². The third-order valence-corrected chi connectivity index (χ3v) is 2.52. The summed E-state index contributed by atoms with van der Waals surface area (Å²) in [6.07, 6.45) is 0. The number of carbonyl (C=O) groups excluding carboxylic acids is 2. The summed E-state index contributed by atoms with van der Waals surface area (Å²) < 4.78 is 0. The summed E-state index contributed by atoms with van der Waals surface area (Å²) in [4.78, 5) is 23.6. The highest BCUT2D eigenvalue weighted by Crippen LogP contribution is 2.17. The summed E-state index contributed by atoms with van der Waals surface area (Å²) in [5.41, 5.74) is 0.965. The van der Waals surface area contributed by atoms with Crippen LogP contribution in [0.3, 0.4) is 0 Å². The van der Waals surface area contributed by atoms with Gasteiger partial charge in [-0.25, -0.2) is 0 Å². The molecule has 0 bridgehead atoms. The normalized spacial score (nSPS) is 9.53. The lowest BCUT2D eigenvalue weighted by Gasteiger charge is -2.17. The Morgan fingerprint density at radius 3 is 2.41 bits per heavy atom. The Labute approximate surface area is 104 Å². The third-order valence-electron chi connectivity index (χ3n) is 2.28. The Kier molecular flexibility index (Phi) is 4.24. The molecule has 0 aliphatic carbocycles. The van der Waals surface area contributed by atoms with E-state index in [1.165, 1.54) is 19.9 Å². The zero-order valence-corrected chi connectivity index (χ0v) is 10.3. The molecule has 0 aliphatic rings. The van der Waals surface area contributed by atoms with Crippen LogP contribution < -0.4 is 0 Å². The average Bonchev–Trinajstić information content (AvgIpc) is 2.26. The van der Waals surface area contributed by atoms with Crippen LogP contribution in [0.2, 0.25) is 5.02 Å². The number of nitriles is 1. The average molecular weight is 251 g/mol. The summed E-state index contributed by atoms with van der Waals surface area (Å²) in [6, 6.07) is 6.76. The van der Waals surface area contributed by atoms with Crippen LogP contribution in [-0.4, -0.2) is 16.7 Å². The summed E-state index contributed by atoms with van der Waals surface area (Å²) in [7, 11) is 0. The quantitative estimate of drug-likeness (QED) is 0.808. The summed E-state index contributed by atoms with van der Waals surface area (Å²) in [5, 5.41) is 9.38. The lowest BCUT2D eigenvalue weighted by atomic mass is 10.1. The first kappa shape index (κ1) is 13.2. The van der Waals surface area contributed by atoms with Crippen LogP contribution in [0.1, 0.15) is 25.0 Å². The van der Waals surface area contributed by atoms with Gasteiger partial charge in [0.1, 0.15) is 0 Å². The Morgan fingerprint density at radius 1 is 1.35 bits per heavy atom. The molecule has 2 amide bonds. The molecular weight excluding hydrogens is 240 g/mol. The van der Waals surface area contributed by atoms with E-state index in [1.54, 1.807) is 12.1 Å². The number of hydrogen-bond donors (Lipinski definition) is 0. The van der Waals surface area contributed by atoms with E-state index in [9.17, 15) is 9.59 Å². The molecule has 0 unspecified atom stereocenters. The summed E-state index contributed by atoms with van der Waals surface area (Å²) >= 11 is 5.76. The standard InChI is InChI=1S/C12H11ClN2O2/c1-8(16)15(9(2)17)7-10-3-4-12(13)5-11(10)6-14/h3-5H,7H2,1-2H3. The van der Waals surface area contributed by atoms with Crippen molar-refractivity contribution in [1.82, 2.24) is 4.90 Å². The van der Waals surface area contributed by atoms with Gasteiger partial charge in [0.05, 0.1) is 18.2 Å². The maximum absolute atomic E-state index is 11.3. The monoisotopic (exact) mass is 250 g/mol. The Balaban J connectivity index is 3.06. The van der Waals surface area contributed by atoms with E-state index in [2.05, 4.69) is 0 Å². The Bertz CT molecular complexity index is 492. The van der Waals surface area contributed by atoms with E-state index < -0.39 is 0 Å². The molecule has 5 heteroatoms.